The highest BCUT2D eigenvalue weighted by Gasteiger charge is 2.25. The van der Waals surface area contributed by atoms with Crippen LogP contribution in [0.25, 0.3) is 5.57 Å². The molecule has 1 aliphatic heterocycles. The topological polar surface area (TPSA) is 69.7 Å². The molecule has 0 saturated carbocycles. The first-order valence-electron chi connectivity index (χ1n) is 11.1. The lowest BCUT2D eigenvalue weighted by atomic mass is 10.0. The maximum atomic E-state index is 12.7. The van der Waals surface area contributed by atoms with E-state index in [0.717, 1.165) is 37.7 Å². The third-order valence-corrected chi connectivity index (χ3v) is 6.08. The normalized spacial score (nSPS) is 15.6. The Labute approximate surface area is 179 Å². The Balaban J connectivity index is 1.33. The molecular formula is C24H33N3O3. The maximum Gasteiger partial charge on any atom is 0.227 e. The minimum absolute atomic E-state index is 0.0759. The van der Waals surface area contributed by atoms with Gasteiger partial charge in [0.05, 0.1) is 6.42 Å². The molecule has 6 heteroatoms. The number of piperazine rings is 1. The molecule has 0 spiro atoms. The number of carbonyl (C=O) groups excluding carboxylic acids is 3. The molecule has 162 valence electrons. The van der Waals surface area contributed by atoms with Crippen LogP contribution in [0.3, 0.4) is 0 Å². The van der Waals surface area contributed by atoms with E-state index in [2.05, 4.69) is 23.5 Å². The van der Waals surface area contributed by atoms with Crippen molar-refractivity contribution >= 4 is 23.3 Å². The van der Waals surface area contributed by atoms with E-state index in [1.807, 2.05) is 21.9 Å². The number of carbonyl (C=O) groups is 3. The van der Waals surface area contributed by atoms with E-state index < -0.39 is 0 Å². The van der Waals surface area contributed by atoms with E-state index in [9.17, 15) is 14.4 Å². The van der Waals surface area contributed by atoms with Crippen molar-refractivity contribution in [3.63, 3.8) is 0 Å². The first kappa shape index (κ1) is 22.1. The van der Waals surface area contributed by atoms with Crippen LogP contribution in [-0.4, -0.2) is 60.7 Å². The Morgan fingerprint density at radius 3 is 2.20 bits per heavy atom. The standard InChI is InChI=1S/C24H33N3O3/c1-25-22(28)10-4-2-3-5-11-23(29)26-14-16-27(17-15-26)24(30)18-20-13-12-19-8-6-7-9-21(19)20/h6-9,13H,2-5,10-12,14-18H2,1H3,(H,25,28). The van der Waals surface area contributed by atoms with E-state index >= 15 is 0 Å². The van der Waals surface area contributed by atoms with Gasteiger partial charge in [0.15, 0.2) is 0 Å². The van der Waals surface area contributed by atoms with E-state index in [1.54, 1.807) is 7.05 Å². The molecule has 0 radical (unpaired) electrons. The van der Waals surface area contributed by atoms with Crippen LogP contribution in [0.4, 0.5) is 0 Å². The van der Waals surface area contributed by atoms with Gasteiger partial charge in [-0.25, -0.2) is 0 Å². The summed E-state index contributed by atoms with van der Waals surface area (Å²) in [4.78, 5) is 40.1. The van der Waals surface area contributed by atoms with E-state index in [-0.39, 0.29) is 17.7 Å². The first-order chi connectivity index (χ1) is 14.6. The fourth-order valence-electron chi connectivity index (χ4n) is 4.20. The molecule has 1 heterocycles. The van der Waals surface area contributed by atoms with E-state index in [0.29, 0.717) is 45.4 Å². The molecule has 1 saturated heterocycles. The highest BCUT2D eigenvalue weighted by atomic mass is 16.2. The zero-order valence-corrected chi connectivity index (χ0v) is 18.0. The van der Waals surface area contributed by atoms with Gasteiger partial charge in [0.2, 0.25) is 17.7 Å². The van der Waals surface area contributed by atoms with Crippen LogP contribution in [-0.2, 0) is 20.8 Å². The molecule has 3 rings (SSSR count). The summed E-state index contributed by atoms with van der Waals surface area (Å²) < 4.78 is 0. The first-order valence-corrected chi connectivity index (χ1v) is 11.1. The van der Waals surface area contributed by atoms with Crippen molar-refractivity contribution < 1.29 is 14.4 Å². The second-order valence-corrected chi connectivity index (χ2v) is 8.12. The number of hydrogen-bond donors (Lipinski definition) is 1. The molecular weight excluding hydrogens is 378 g/mol. The van der Waals surface area contributed by atoms with Gasteiger partial charge in [0, 0.05) is 46.1 Å². The van der Waals surface area contributed by atoms with Crippen molar-refractivity contribution in [1.82, 2.24) is 15.1 Å². The van der Waals surface area contributed by atoms with Crippen LogP contribution in [0.1, 0.15) is 56.1 Å². The predicted molar refractivity (Wildman–Crippen MR) is 118 cm³/mol. The van der Waals surface area contributed by atoms with Crippen LogP contribution < -0.4 is 5.32 Å². The molecule has 1 fully saturated rings. The van der Waals surface area contributed by atoms with Crippen molar-refractivity contribution in [3.05, 3.63) is 41.5 Å². The lowest BCUT2D eigenvalue weighted by molar-refractivity contribution is -0.139. The summed E-state index contributed by atoms with van der Waals surface area (Å²) >= 11 is 0. The maximum absolute atomic E-state index is 12.7. The number of allylic oxidation sites excluding steroid dienone is 1. The number of hydrogen-bond acceptors (Lipinski definition) is 3. The van der Waals surface area contributed by atoms with Crippen LogP contribution in [0.15, 0.2) is 30.3 Å². The average Bonchev–Trinajstić information content (AvgIpc) is 3.18. The molecule has 0 aromatic heterocycles. The van der Waals surface area contributed by atoms with Crippen molar-refractivity contribution in [2.45, 2.75) is 51.4 Å². The molecule has 1 N–H and O–H groups in total. The third-order valence-electron chi connectivity index (χ3n) is 6.08. The Morgan fingerprint density at radius 2 is 1.50 bits per heavy atom. The fourth-order valence-corrected chi connectivity index (χ4v) is 4.20. The Kier molecular flexibility index (Phi) is 8.05. The Hall–Kier alpha value is -2.63. The summed E-state index contributed by atoms with van der Waals surface area (Å²) in [5.74, 6) is 0.411. The molecule has 0 bridgehead atoms. The second-order valence-electron chi connectivity index (χ2n) is 8.12. The lowest BCUT2D eigenvalue weighted by Crippen LogP contribution is -2.50. The van der Waals surface area contributed by atoms with Crippen LogP contribution in [0.5, 0.6) is 0 Å². The largest absolute Gasteiger partial charge is 0.359 e. The highest BCUT2D eigenvalue weighted by molar-refractivity contribution is 5.91. The zero-order chi connectivity index (χ0) is 21.3. The van der Waals surface area contributed by atoms with Crippen molar-refractivity contribution in [1.29, 1.82) is 0 Å². The minimum atomic E-state index is 0.0759. The average molecular weight is 412 g/mol. The molecule has 0 unspecified atom stereocenters. The van der Waals surface area contributed by atoms with Gasteiger partial charge >= 0.3 is 0 Å². The van der Waals surface area contributed by atoms with Crippen LogP contribution in [0.2, 0.25) is 0 Å². The number of nitrogens with one attached hydrogen (secondary N) is 1. The molecule has 2 aliphatic rings. The van der Waals surface area contributed by atoms with Gasteiger partial charge in [0.25, 0.3) is 0 Å². The second kappa shape index (κ2) is 11.0. The number of unbranched alkanes of at least 4 members (excludes halogenated alkanes) is 3. The van der Waals surface area contributed by atoms with Crippen molar-refractivity contribution in [2.75, 3.05) is 33.2 Å². The Bertz CT molecular complexity index is 795. The van der Waals surface area contributed by atoms with Gasteiger partial charge in [0.1, 0.15) is 0 Å². The zero-order valence-electron chi connectivity index (χ0n) is 18.0. The van der Waals surface area contributed by atoms with E-state index in [1.165, 1.54) is 11.1 Å². The summed E-state index contributed by atoms with van der Waals surface area (Å²) in [6.45, 7) is 2.48. The molecule has 6 nitrogen and oxygen atoms in total. The van der Waals surface area contributed by atoms with Gasteiger partial charge in [-0.15, -0.1) is 0 Å². The van der Waals surface area contributed by atoms with Gasteiger partial charge in [-0.05, 0) is 36.0 Å². The quantitative estimate of drug-likeness (QED) is 0.635. The van der Waals surface area contributed by atoms with Gasteiger partial charge in [-0.3, -0.25) is 14.4 Å². The number of rotatable bonds is 9. The number of nitrogens with zero attached hydrogens (tertiary/aromatic N) is 2. The SMILES string of the molecule is CNC(=O)CCCCCCC(=O)N1CCN(C(=O)CC2=CCc3ccccc32)CC1. The molecule has 30 heavy (non-hydrogen) atoms. The van der Waals surface area contributed by atoms with E-state index in [4.69, 9.17) is 0 Å². The fraction of sp³-hybridized carbons (Fsp3) is 0.542. The number of benzene rings is 1. The molecule has 1 aromatic carbocycles. The molecule has 0 atom stereocenters. The monoisotopic (exact) mass is 411 g/mol. The minimum Gasteiger partial charge on any atom is -0.359 e. The Morgan fingerprint density at radius 1 is 0.867 bits per heavy atom. The highest BCUT2D eigenvalue weighted by Crippen LogP contribution is 2.30. The summed E-state index contributed by atoms with van der Waals surface area (Å²) in [6, 6.07) is 8.28. The summed E-state index contributed by atoms with van der Waals surface area (Å²) in [6.07, 6.45) is 8.31. The van der Waals surface area contributed by atoms with Crippen molar-refractivity contribution in [3.8, 4) is 0 Å². The number of amides is 3. The molecule has 1 aliphatic carbocycles. The van der Waals surface area contributed by atoms with Gasteiger partial charge in [-0.2, -0.15) is 0 Å². The van der Waals surface area contributed by atoms with Gasteiger partial charge < -0.3 is 15.1 Å². The number of fused-ring (bicyclic) bond motifs is 1. The lowest BCUT2D eigenvalue weighted by Gasteiger charge is -2.35. The van der Waals surface area contributed by atoms with Crippen LogP contribution >= 0.6 is 0 Å². The van der Waals surface area contributed by atoms with Gasteiger partial charge in [-0.1, -0.05) is 43.2 Å². The smallest absolute Gasteiger partial charge is 0.227 e. The molecule has 1 aromatic rings. The summed E-state index contributed by atoms with van der Waals surface area (Å²) in [5.41, 5.74) is 3.63. The van der Waals surface area contributed by atoms with Crippen LogP contribution in [0, 0.1) is 0 Å². The molecule has 3 amide bonds. The predicted octanol–water partition coefficient (Wildman–Crippen LogP) is 2.77. The summed E-state index contributed by atoms with van der Waals surface area (Å²) in [7, 11) is 1.65. The summed E-state index contributed by atoms with van der Waals surface area (Å²) in [5, 5.41) is 2.62. The third kappa shape index (κ3) is 5.94. The van der Waals surface area contributed by atoms with Crippen molar-refractivity contribution in [2.24, 2.45) is 0 Å².